The summed E-state index contributed by atoms with van der Waals surface area (Å²) in [6, 6.07) is 7.03. The number of benzene rings is 2. The molecule has 21 heavy (non-hydrogen) atoms. The zero-order chi connectivity index (χ0) is 15.6. The Bertz CT molecular complexity index is 736. The van der Waals surface area contributed by atoms with E-state index in [1.165, 1.54) is 18.2 Å². The van der Waals surface area contributed by atoms with Crippen LogP contribution in [-0.4, -0.2) is 11.2 Å². The van der Waals surface area contributed by atoms with Crippen LogP contribution in [0.1, 0.15) is 10.4 Å². The highest BCUT2D eigenvalue weighted by Gasteiger charge is 2.20. The van der Waals surface area contributed by atoms with E-state index in [1.54, 1.807) is 6.07 Å². The fourth-order valence-corrected chi connectivity index (χ4v) is 2.21. The predicted octanol–water partition coefficient (Wildman–Crippen LogP) is 5.27. The van der Waals surface area contributed by atoms with Gasteiger partial charge in [-0.25, -0.2) is 0 Å². The number of aldehydes is 1. The van der Waals surface area contributed by atoms with Crippen molar-refractivity contribution in [3.05, 3.63) is 60.5 Å². The molecule has 0 heterocycles. The van der Waals surface area contributed by atoms with Gasteiger partial charge in [-0.2, -0.15) is 0 Å². The van der Waals surface area contributed by atoms with E-state index in [0.29, 0.717) is 10.8 Å². The Hall–Kier alpha value is -1.63. The smallest absolute Gasteiger partial charge is 0.313 e. The highest BCUT2D eigenvalue weighted by atomic mass is 79.9. The molecule has 0 radical (unpaired) electrons. The second kappa shape index (κ2) is 6.43. The average molecular weight is 391 g/mol. The largest absolute Gasteiger partial charge is 0.449 e. The summed E-state index contributed by atoms with van der Waals surface area (Å²) in [4.78, 5) is 21.4. The monoisotopic (exact) mass is 389 g/mol. The van der Waals surface area contributed by atoms with Gasteiger partial charge in [0.2, 0.25) is 5.75 Å². The average Bonchev–Trinajstić information content (AvgIpc) is 2.42. The minimum Gasteiger partial charge on any atom is -0.449 e. The summed E-state index contributed by atoms with van der Waals surface area (Å²) in [6.45, 7) is 0. The van der Waals surface area contributed by atoms with E-state index in [2.05, 4.69) is 15.9 Å². The van der Waals surface area contributed by atoms with Gasteiger partial charge in [-0.05, 0) is 18.2 Å². The van der Waals surface area contributed by atoms with E-state index >= 15 is 0 Å². The standard InChI is InChI=1S/C13H6BrCl2NO4/c14-8-2-1-7(6-18)12(3-8)21-13-5-10(16)9(15)4-11(13)17(19)20/h1-6H. The van der Waals surface area contributed by atoms with Crippen molar-refractivity contribution in [2.24, 2.45) is 0 Å². The summed E-state index contributed by atoms with van der Waals surface area (Å²) in [6.07, 6.45) is 0.588. The molecule has 5 nitrogen and oxygen atoms in total. The Kier molecular flexibility index (Phi) is 4.82. The number of rotatable bonds is 4. The molecule has 0 fully saturated rings. The van der Waals surface area contributed by atoms with E-state index in [4.69, 9.17) is 27.9 Å². The van der Waals surface area contributed by atoms with Crippen LogP contribution in [0.25, 0.3) is 0 Å². The van der Waals surface area contributed by atoms with Crippen molar-refractivity contribution in [3.63, 3.8) is 0 Å². The van der Waals surface area contributed by atoms with Gasteiger partial charge in [0.15, 0.2) is 6.29 Å². The molecule has 0 unspecified atom stereocenters. The van der Waals surface area contributed by atoms with Crippen LogP contribution < -0.4 is 4.74 Å². The lowest BCUT2D eigenvalue weighted by Gasteiger charge is -2.10. The van der Waals surface area contributed by atoms with Crippen molar-refractivity contribution < 1.29 is 14.5 Å². The van der Waals surface area contributed by atoms with Crippen LogP contribution in [0.5, 0.6) is 11.5 Å². The van der Waals surface area contributed by atoms with E-state index < -0.39 is 4.92 Å². The summed E-state index contributed by atoms with van der Waals surface area (Å²) in [5, 5.41) is 11.2. The zero-order valence-corrected chi connectivity index (χ0v) is 13.3. The van der Waals surface area contributed by atoms with Crippen molar-refractivity contribution >= 4 is 51.1 Å². The molecule has 0 amide bonds. The van der Waals surface area contributed by atoms with Gasteiger partial charge in [-0.3, -0.25) is 14.9 Å². The second-order valence-corrected chi connectivity index (χ2v) is 5.62. The van der Waals surface area contributed by atoms with E-state index in [1.807, 2.05) is 0 Å². The third-order valence-corrected chi connectivity index (χ3v) is 3.74. The molecule has 0 bridgehead atoms. The molecule has 0 saturated heterocycles. The van der Waals surface area contributed by atoms with Crippen molar-refractivity contribution in [3.8, 4) is 11.5 Å². The second-order valence-electron chi connectivity index (χ2n) is 3.89. The summed E-state index contributed by atoms with van der Waals surface area (Å²) in [5.41, 5.74) is -0.0974. The topological polar surface area (TPSA) is 69.4 Å². The van der Waals surface area contributed by atoms with Gasteiger partial charge in [0, 0.05) is 16.6 Å². The van der Waals surface area contributed by atoms with Gasteiger partial charge in [-0.1, -0.05) is 39.1 Å². The summed E-state index contributed by atoms with van der Waals surface area (Å²) >= 11 is 14.8. The summed E-state index contributed by atoms with van der Waals surface area (Å²) < 4.78 is 6.12. The van der Waals surface area contributed by atoms with E-state index in [9.17, 15) is 14.9 Å². The minimum absolute atomic E-state index is 0.0422. The maximum Gasteiger partial charge on any atom is 0.313 e. The molecule has 0 atom stereocenters. The normalized spacial score (nSPS) is 10.2. The molecule has 0 aliphatic rings. The lowest BCUT2D eigenvalue weighted by Crippen LogP contribution is -1.96. The van der Waals surface area contributed by atoms with Crippen LogP contribution in [0.3, 0.4) is 0 Å². The highest BCUT2D eigenvalue weighted by Crippen LogP contribution is 2.39. The molecule has 0 aliphatic heterocycles. The Balaban J connectivity index is 2.53. The Labute approximate surface area is 137 Å². The van der Waals surface area contributed by atoms with Gasteiger partial charge in [0.1, 0.15) is 5.75 Å². The molecule has 0 aliphatic carbocycles. The maximum atomic E-state index is 11.0. The quantitative estimate of drug-likeness (QED) is 0.405. The third kappa shape index (κ3) is 3.53. The van der Waals surface area contributed by atoms with Crippen LogP contribution in [0.2, 0.25) is 10.0 Å². The fraction of sp³-hybridized carbons (Fsp3) is 0. The molecule has 0 aromatic heterocycles. The first-order valence-electron chi connectivity index (χ1n) is 5.48. The van der Waals surface area contributed by atoms with Gasteiger partial charge in [0.05, 0.1) is 20.5 Å². The van der Waals surface area contributed by atoms with Gasteiger partial charge in [-0.15, -0.1) is 0 Å². The first-order valence-corrected chi connectivity index (χ1v) is 7.03. The number of carbonyl (C=O) groups is 1. The number of nitro benzene ring substituents is 1. The van der Waals surface area contributed by atoms with E-state index in [0.717, 1.165) is 6.07 Å². The van der Waals surface area contributed by atoms with E-state index in [-0.39, 0.29) is 32.8 Å². The summed E-state index contributed by atoms with van der Waals surface area (Å²) in [5.74, 6) is 0.0662. The molecular formula is C13H6BrCl2NO4. The Morgan fingerprint density at radius 3 is 2.43 bits per heavy atom. The lowest BCUT2D eigenvalue weighted by molar-refractivity contribution is -0.385. The van der Waals surface area contributed by atoms with Gasteiger partial charge < -0.3 is 4.74 Å². The number of nitrogens with zero attached hydrogens (tertiary/aromatic N) is 1. The number of nitro groups is 1. The van der Waals surface area contributed by atoms with Crippen molar-refractivity contribution in [1.82, 2.24) is 0 Å². The minimum atomic E-state index is -0.643. The van der Waals surface area contributed by atoms with Crippen molar-refractivity contribution in [1.29, 1.82) is 0 Å². The molecule has 2 aromatic rings. The Morgan fingerprint density at radius 1 is 1.14 bits per heavy atom. The molecule has 8 heteroatoms. The molecule has 0 spiro atoms. The number of hydrogen-bond acceptors (Lipinski definition) is 4. The maximum absolute atomic E-state index is 11.0. The Morgan fingerprint density at radius 2 is 1.81 bits per heavy atom. The number of hydrogen-bond donors (Lipinski definition) is 0. The van der Waals surface area contributed by atoms with Crippen LogP contribution in [0, 0.1) is 10.1 Å². The molecule has 2 rings (SSSR count). The van der Waals surface area contributed by atoms with Crippen LogP contribution in [-0.2, 0) is 0 Å². The highest BCUT2D eigenvalue weighted by molar-refractivity contribution is 9.10. The molecule has 108 valence electrons. The molecule has 2 aromatic carbocycles. The molecular weight excluding hydrogens is 385 g/mol. The van der Waals surface area contributed by atoms with Crippen LogP contribution in [0.4, 0.5) is 5.69 Å². The SMILES string of the molecule is O=Cc1ccc(Br)cc1Oc1cc(Cl)c(Cl)cc1[N+](=O)[O-]. The molecule has 0 saturated carbocycles. The predicted molar refractivity (Wildman–Crippen MR) is 82.7 cm³/mol. The van der Waals surface area contributed by atoms with Crippen molar-refractivity contribution in [2.75, 3.05) is 0 Å². The van der Waals surface area contributed by atoms with Gasteiger partial charge >= 0.3 is 5.69 Å². The fourth-order valence-electron chi connectivity index (χ4n) is 1.55. The summed E-state index contributed by atoms with van der Waals surface area (Å²) in [7, 11) is 0. The molecule has 0 N–H and O–H groups in total. The van der Waals surface area contributed by atoms with Gasteiger partial charge in [0.25, 0.3) is 0 Å². The zero-order valence-electron chi connectivity index (χ0n) is 10.2. The first-order chi connectivity index (χ1) is 9.92. The van der Waals surface area contributed by atoms with Crippen molar-refractivity contribution in [2.45, 2.75) is 0 Å². The number of halogens is 3. The number of carbonyl (C=O) groups excluding carboxylic acids is 1. The number of ether oxygens (including phenoxy) is 1. The van der Waals surface area contributed by atoms with Crippen LogP contribution in [0.15, 0.2) is 34.8 Å². The lowest BCUT2D eigenvalue weighted by atomic mass is 10.2. The third-order valence-electron chi connectivity index (χ3n) is 2.52. The first kappa shape index (κ1) is 15.8. The van der Waals surface area contributed by atoms with Crippen LogP contribution >= 0.6 is 39.1 Å².